The molecule has 3 rings (SSSR count). The van der Waals surface area contributed by atoms with Gasteiger partial charge in [0, 0.05) is 26.7 Å². The number of rotatable bonds is 7. The molecule has 0 aromatic heterocycles. The van der Waals surface area contributed by atoms with Crippen molar-refractivity contribution in [3.63, 3.8) is 0 Å². The van der Waals surface area contributed by atoms with Gasteiger partial charge in [0.2, 0.25) is 11.8 Å². The van der Waals surface area contributed by atoms with Crippen molar-refractivity contribution in [2.24, 2.45) is 5.41 Å². The molecule has 2 amide bonds. The number of likely N-dealkylation sites (tertiary alicyclic amines) is 1. The van der Waals surface area contributed by atoms with Gasteiger partial charge in [0.25, 0.3) is 0 Å². The molecule has 1 atom stereocenters. The number of hydrogen-bond donors (Lipinski definition) is 1. The molecule has 1 aliphatic rings. The Morgan fingerprint density at radius 1 is 1.17 bits per heavy atom. The summed E-state index contributed by atoms with van der Waals surface area (Å²) >= 11 is 0. The number of carbonyl (C=O) groups excluding carboxylic acids is 2. The Hall–Kier alpha value is -2.73. The lowest BCUT2D eigenvalue weighted by Gasteiger charge is -2.28. The summed E-state index contributed by atoms with van der Waals surface area (Å²) in [6, 6.07) is 14.3. The molecule has 154 valence electrons. The molecule has 2 aromatic rings. The van der Waals surface area contributed by atoms with E-state index in [2.05, 4.69) is 5.32 Å². The number of carbonyl (C=O) groups is 2. The fourth-order valence-electron chi connectivity index (χ4n) is 3.95. The minimum absolute atomic E-state index is 0.0194. The van der Waals surface area contributed by atoms with Crippen molar-refractivity contribution in [3.8, 4) is 11.1 Å². The average Bonchev–Trinajstić information content (AvgIpc) is 3.15. The van der Waals surface area contributed by atoms with E-state index >= 15 is 0 Å². The lowest BCUT2D eigenvalue weighted by atomic mass is 9.79. The molecule has 1 heterocycles. The number of benzene rings is 2. The molecule has 1 fully saturated rings. The zero-order valence-corrected chi connectivity index (χ0v) is 16.9. The second kappa shape index (κ2) is 9.18. The van der Waals surface area contributed by atoms with Crippen LogP contribution in [0.15, 0.2) is 48.5 Å². The number of amides is 2. The lowest BCUT2D eigenvalue weighted by molar-refractivity contribution is -0.135. The topological polar surface area (TPSA) is 58.6 Å². The Morgan fingerprint density at radius 2 is 1.93 bits per heavy atom. The minimum atomic E-state index is -0.666. The maximum absolute atomic E-state index is 13.2. The highest BCUT2D eigenvalue weighted by Crippen LogP contribution is 2.35. The first-order valence-corrected chi connectivity index (χ1v) is 9.87. The number of nitrogens with one attached hydrogen (secondary N) is 1. The minimum Gasteiger partial charge on any atom is -0.375 e. The SMILES string of the molecule is CCNC(=O)[C@]1(Cc2cccc(-c3ccc(F)cc3)c2)CCN(C(=O)COC)C1. The van der Waals surface area contributed by atoms with E-state index in [1.807, 2.05) is 31.2 Å². The van der Waals surface area contributed by atoms with Crippen LogP contribution in [0.25, 0.3) is 11.1 Å². The Morgan fingerprint density at radius 3 is 2.62 bits per heavy atom. The Balaban J connectivity index is 1.85. The molecule has 0 saturated carbocycles. The van der Waals surface area contributed by atoms with Crippen molar-refractivity contribution in [3.05, 3.63) is 59.9 Å². The van der Waals surface area contributed by atoms with Gasteiger partial charge in [0.05, 0.1) is 5.41 Å². The summed E-state index contributed by atoms with van der Waals surface area (Å²) in [7, 11) is 1.49. The molecule has 0 aliphatic carbocycles. The summed E-state index contributed by atoms with van der Waals surface area (Å²) in [5.74, 6) is -0.398. The van der Waals surface area contributed by atoms with E-state index < -0.39 is 5.41 Å². The molecule has 1 N–H and O–H groups in total. The van der Waals surface area contributed by atoms with Crippen LogP contribution < -0.4 is 5.32 Å². The molecule has 2 aromatic carbocycles. The molecule has 0 radical (unpaired) electrons. The average molecular weight is 398 g/mol. The maximum atomic E-state index is 13.2. The number of halogens is 1. The van der Waals surface area contributed by atoms with E-state index in [0.29, 0.717) is 32.5 Å². The summed E-state index contributed by atoms with van der Waals surface area (Å²) in [6.45, 7) is 3.37. The van der Waals surface area contributed by atoms with E-state index in [1.165, 1.54) is 19.2 Å². The Bertz CT molecular complexity index is 869. The van der Waals surface area contributed by atoms with Gasteiger partial charge in [-0.2, -0.15) is 0 Å². The predicted molar refractivity (Wildman–Crippen MR) is 110 cm³/mol. The monoisotopic (exact) mass is 398 g/mol. The first kappa shape index (κ1) is 21.0. The molecule has 6 heteroatoms. The Labute approximate surface area is 170 Å². The van der Waals surface area contributed by atoms with Gasteiger partial charge in [-0.05, 0) is 48.6 Å². The third kappa shape index (κ3) is 4.82. The van der Waals surface area contributed by atoms with E-state index in [9.17, 15) is 14.0 Å². The normalized spacial score (nSPS) is 18.7. The maximum Gasteiger partial charge on any atom is 0.248 e. The quantitative estimate of drug-likeness (QED) is 0.780. The third-order valence-corrected chi connectivity index (χ3v) is 5.44. The second-order valence-corrected chi connectivity index (χ2v) is 7.52. The van der Waals surface area contributed by atoms with Crippen molar-refractivity contribution in [2.75, 3.05) is 33.4 Å². The summed E-state index contributed by atoms with van der Waals surface area (Å²) in [6.07, 6.45) is 1.14. The van der Waals surface area contributed by atoms with Gasteiger partial charge < -0.3 is 15.0 Å². The van der Waals surface area contributed by atoms with Crippen LogP contribution in [0.3, 0.4) is 0 Å². The van der Waals surface area contributed by atoms with E-state index in [1.54, 1.807) is 17.0 Å². The molecular weight excluding hydrogens is 371 g/mol. The van der Waals surface area contributed by atoms with Gasteiger partial charge in [0.15, 0.2) is 0 Å². The van der Waals surface area contributed by atoms with Crippen LogP contribution in [0, 0.1) is 11.2 Å². The van der Waals surface area contributed by atoms with Crippen LogP contribution in [0.2, 0.25) is 0 Å². The molecule has 1 saturated heterocycles. The highest BCUT2D eigenvalue weighted by molar-refractivity contribution is 5.86. The zero-order valence-electron chi connectivity index (χ0n) is 16.9. The van der Waals surface area contributed by atoms with Gasteiger partial charge in [-0.25, -0.2) is 4.39 Å². The molecule has 29 heavy (non-hydrogen) atoms. The van der Waals surface area contributed by atoms with Crippen molar-refractivity contribution in [1.82, 2.24) is 10.2 Å². The van der Waals surface area contributed by atoms with Gasteiger partial charge in [-0.1, -0.05) is 36.4 Å². The largest absolute Gasteiger partial charge is 0.375 e. The van der Waals surface area contributed by atoms with Crippen LogP contribution >= 0.6 is 0 Å². The van der Waals surface area contributed by atoms with Crippen molar-refractivity contribution >= 4 is 11.8 Å². The summed E-state index contributed by atoms with van der Waals surface area (Å²) in [4.78, 5) is 27.0. The molecular formula is C23H27FN2O3. The first-order valence-electron chi connectivity index (χ1n) is 9.87. The Kier molecular flexibility index (Phi) is 6.64. The number of ether oxygens (including phenoxy) is 1. The number of methoxy groups -OCH3 is 1. The van der Waals surface area contributed by atoms with E-state index in [-0.39, 0.29) is 24.2 Å². The predicted octanol–water partition coefficient (Wildman–Crippen LogP) is 3.04. The number of hydrogen-bond acceptors (Lipinski definition) is 3. The first-order chi connectivity index (χ1) is 14.0. The van der Waals surface area contributed by atoms with Crippen LogP contribution in [-0.4, -0.2) is 50.1 Å². The highest BCUT2D eigenvalue weighted by Gasteiger charge is 2.45. The number of nitrogens with zero attached hydrogens (tertiary/aromatic N) is 1. The van der Waals surface area contributed by atoms with E-state index in [4.69, 9.17) is 4.74 Å². The second-order valence-electron chi connectivity index (χ2n) is 7.52. The van der Waals surface area contributed by atoms with Crippen LogP contribution in [-0.2, 0) is 20.7 Å². The van der Waals surface area contributed by atoms with Crippen LogP contribution in [0.1, 0.15) is 18.9 Å². The standard InChI is InChI=1S/C23H27FN2O3/c1-3-25-22(28)23(11-12-26(16-23)21(27)15-29-2)14-17-5-4-6-19(13-17)18-7-9-20(24)10-8-18/h4-10,13H,3,11-12,14-16H2,1-2H3,(H,25,28)/t23-/m0/s1. The third-order valence-electron chi connectivity index (χ3n) is 5.44. The molecule has 0 spiro atoms. The van der Waals surface area contributed by atoms with E-state index in [0.717, 1.165) is 16.7 Å². The highest BCUT2D eigenvalue weighted by atomic mass is 19.1. The molecule has 5 nitrogen and oxygen atoms in total. The molecule has 0 bridgehead atoms. The molecule has 1 aliphatic heterocycles. The lowest BCUT2D eigenvalue weighted by Crippen LogP contribution is -2.45. The fraction of sp³-hybridized carbons (Fsp3) is 0.391. The zero-order chi connectivity index (χ0) is 20.9. The van der Waals surface area contributed by atoms with Crippen LogP contribution in [0.5, 0.6) is 0 Å². The van der Waals surface area contributed by atoms with Crippen molar-refractivity contribution in [1.29, 1.82) is 0 Å². The van der Waals surface area contributed by atoms with Gasteiger partial charge in [-0.15, -0.1) is 0 Å². The fourth-order valence-corrected chi connectivity index (χ4v) is 3.95. The summed E-state index contributed by atoms with van der Waals surface area (Å²) in [5, 5.41) is 2.94. The molecule has 0 unspecified atom stereocenters. The summed E-state index contributed by atoms with van der Waals surface area (Å²) < 4.78 is 18.2. The van der Waals surface area contributed by atoms with Gasteiger partial charge >= 0.3 is 0 Å². The smallest absolute Gasteiger partial charge is 0.248 e. The van der Waals surface area contributed by atoms with Crippen LogP contribution in [0.4, 0.5) is 4.39 Å². The summed E-state index contributed by atoms with van der Waals surface area (Å²) in [5.41, 5.74) is 2.24. The van der Waals surface area contributed by atoms with Gasteiger partial charge in [0.1, 0.15) is 12.4 Å². The van der Waals surface area contributed by atoms with Crippen molar-refractivity contribution in [2.45, 2.75) is 19.8 Å². The van der Waals surface area contributed by atoms with Crippen molar-refractivity contribution < 1.29 is 18.7 Å². The van der Waals surface area contributed by atoms with Gasteiger partial charge in [-0.3, -0.25) is 9.59 Å².